The molecule has 2 aliphatic carbocycles. The Balaban J connectivity index is 1.57. The molecule has 7 nitrogen and oxygen atoms in total. The summed E-state index contributed by atoms with van der Waals surface area (Å²) in [4.78, 5) is 16.8. The molecule has 1 fully saturated rings. The number of amides is 2. The van der Waals surface area contributed by atoms with Gasteiger partial charge >= 0.3 is 6.03 Å². The lowest BCUT2D eigenvalue weighted by atomic mass is 9.91. The number of carbonyl (C=O) groups excluding carboxylic acids is 1. The van der Waals surface area contributed by atoms with Crippen LogP contribution in [-0.4, -0.2) is 20.3 Å². The molecule has 1 unspecified atom stereocenters. The molecule has 1 heterocycles. The Morgan fingerprint density at radius 3 is 2.73 bits per heavy atom. The van der Waals surface area contributed by atoms with E-state index in [4.69, 9.17) is 4.78 Å². The molecule has 2 atom stereocenters. The van der Waals surface area contributed by atoms with Crippen molar-refractivity contribution in [3.05, 3.63) is 40.0 Å². The fourth-order valence-electron chi connectivity index (χ4n) is 4.06. The normalized spacial score (nSPS) is 19.1. The van der Waals surface area contributed by atoms with Gasteiger partial charge in [-0.05, 0) is 74.5 Å². The van der Waals surface area contributed by atoms with Crippen LogP contribution in [0.1, 0.15) is 67.6 Å². The van der Waals surface area contributed by atoms with Gasteiger partial charge in [0.05, 0.1) is 6.20 Å². The summed E-state index contributed by atoms with van der Waals surface area (Å²) >= 11 is 0.969. The molecule has 1 aromatic heterocycles. The minimum atomic E-state index is -3.59. The van der Waals surface area contributed by atoms with Crippen molar-refractivity contribution in [1.82, 2.24) is 9.71 Å². The molecule has 2 aromatic rings. The van der Waals surface area contributed by atoms with E-state index in [1.165, 1.54) is 24.6 Å². The Morgan fingerprint density at radius 1 is 1.37 bits per heavy atom. The van der Waals surface area contributed by atoms with E-state index in [1.807, 2.05) is 0 Å². The third-order valence-electron chi connectivity index (χ3n) is 5.90. The number of nitrogens with one attached hydrogen (secondary N) is 3. The van der Waals surface area contributed by atoms with Gasteiger partial charge in [-0.1, -0.05) is 19.1 Å². The van der Waals surface area contributed by atoms with Crippen LogP contribution >= 0.6 is 11.3 Å². The van der Waals surface area contributed by atoms with Crippen LogP contribution in [-0.2, 0) is 28.4 Å². The Morgan fingerprint density at radius 2 is 2.10 bits per heavy atom. The first kappa shape index (κ1) is 21.3. The second-order valence-corrected chi connectivity index (χ2v) is 11.8. The first-order chi connectivity index (χ1) is 14.1. The van der Waals surface area contributed by atoms with Gasteiger partial charge in [0.15, 0.2) is 9.92 Å². The number of nitrogens with zero attached hydrogens (tertiary/aromatic N) is 1. The SMILES string of the molecule is C[C@H](c1ccc2c(c1NC(=O)NS(=N)(=O)c1cnc(C(C)(C)O)s1)CCC2)C1CC1. The summed E-state index contributed by atoms with van der Waals surface area (Å²) in [6, 6.07) is 3.63. The zero-order chi connectivity index (χ0) is 21.7. The summed E-state index contributed by atoms with van der Waals surface area (Å²) in [6.45, 7) is 5.33. The molecule has 0 radical (unpaired) electrons. The van der Waals surface area contributed by atoms with Gasteiger partial charge in [0.1, 0.15) is 14.8 Å². The molecule has 162 valence electrons. The third kappa shape index (κ3) is 4.24. The number of urea groups is 1. The standard InChI is InChI=1S/C21H28N4O3S2/c1-12(13-7-8-13)15-10-9-14-5-4-6-16(14)18(15)24-20(26)25-30(22,28)17-11-23-19(29-17)21(2,3)27/h9-13,27H,4-8H2,1-3H3,(H3,22,24,25,26,28)/t12-,30?/m0/s1. The summed E-state index contributed by atoms with van der Waals surface area (Å²) in [7, 11) is -3.59. The quantitative estimate of drug-likeness (QED) is 0.520. The number of anilines is 1. The minimum Gasteiger partial charge on any atom is -0.383 e. The summed E-state index contributed by atoms with van der Waals surface area (Å²) < 4.78 is 23.5. The van der Waals surface area contributed by atoms with Crippen LogP contribution in [0.25, 0.3) is 0 Å². The zero-order valence-electron chi connectivity index (χ0n) is 17.4. The second-order valence-electron chi connectivity index (χ2n) is 8.80. The summed E-state index contributed by atoms with van der Waals surface area (Å²) in [6.07, 6.45) is 6.67. The summed E-state index contributed by atoms with van der Waals surface area (Å²) in [5.41, 5.74) is 3.15. The monoisotopic (exact) mass is 448 g/mol. The zero-order valence-corrected chi connectivity index (χ0v) is 19.1. The smallest absolute Gasteiger partial charge is 0.331 e. The highest BCUT2D eigenvalue weighted by Gasteiger charge is 2.32. The maximum atomic E-state index is 12.9. The van der Waals surface area contributed by atoms with Gasteiger partial charge in [-0.3, -0.25) is 0 Å². The second kappa shape index (κ2) is 7.62. The van der Waals surface area contributed by atoms with Gasteiger partial charge in [0.2, 0.25) is 0 Å². The summed E-state index contributed by atoms with van der Waals surface area (Å²) in [5.74, 6) is 0.994. The van der Waals surface area contributed by atoms with Crippen LogP contribution in [0.15, 0.2) is 22.5 Å². The lowest BCUT2D eigenvalue weighted by Gasteiger charge is -2.20. The number of aliphatic hydroxyl groups is 1. The van der Waals surface area contributed by atoms with E-state index >= 15 is 0 Å². The van der Waals surface area contributed by atoms with Crippen molar-refractivity contribution in [2.24, 2.45) is 5.92 Å². The molecule has 4 N–H and O–H groups in total. The van der Waals surface area contributed by atoms with Crippen molar-refractivity contribution >= 4 is 33.0 Å². The Bertz CT molecular complexity index is 1080. The Kier molecular flexibility index (Phi) is 5.40. The number of carbonyl (C=O) groups is 1. The van der Waals surface area contributed by atoms with Gasteiger partial charge in [0.25, 0.3) is 0 Å². The van der Waals surface area contributed by atoms with Crippen LogP contribution < -0.4 is 10.0 Å². The van der Waals surface area contributed by atoms with E-state index < -0.39 is 21.5 Å². The molecule has 0 bridgehead atoms. The van der Waals surface area contributed by atoms with Gasteiger partial charge in [-0.25, -0.2) is 23.5 Å². The number of benzene rings is 1. The number of fused-ring (bicyclic) bond motifs is 1. The highest BCUT2D eigenvalue weighted by atomic mass is 32.2. The van der Waals surface area contributed by atoms with E-state index in [1.54, 1.807) is 13.8 Å². The first-order valence-electron chi connectivity index (χ1n) is 10.3. The molecule has 0 aliphatic heterocycles. The van der Waals surface area contributed by atoms with Crippen molar-refractivity contribution in [2.75, 3.05) is 5.32 Å². The molecule has 2 aliphatic rings. The topological polar surface area (TPSA) is 115 Å². The number of thiazole rings is 1. The van der Waals surface area contributed by atoms with E-state index in [2.05, 4.69) is 34.1 Å². The maximum absolute atomic E-state index is 12.9. The lowest BCUT2D eigenvalue weighted by Crippen LogP contribution is -2.34. The average Bonchev–Trinajstić information content (AvgIpc) is 3.16. The van der Waals surface area contributed by atoms with Gasteiger partial charge in [0, 0.05) is 5.69 Å². The number of rotatable bonds is 6. The number of hydrogen-bond donors (Lipinski definition) is 4. The highest BCUT2D eigenvalue weighted by molar-refractivity contribution is 7.93. The van der Waals surface area contributed by atoms with E-state index in [9.17, 15) is 14.1 Å². The Labute approximate surface area is 181 Å². The Hall–Kier alpha value is -1.97. The van der Waals surface area contributed by atoms with Crippen LogP contribution in [0.2, 0.25) is 0 Å². The molecule has 0 spiro atoms. The fourth-order valence-corrected chi connectivity index (χ4v) is 6.15. The highest BCUT2D eigenvalue weighted by Crippen LogP contribution is 2.46. The van der Waals surface area contributed by atoms with Crippen LogP contribution in [0.4, 0.5) is 10.5 Å². The van der Waals surface area contributed by atoms with Crippen molar-refractivity contribution in [3.8, 4) is 0 Å². The molecular formula is C21H28N4O3S2. The third-order valence-corrected chi connectivity index (χ3v) is 9.10. The molecule has 2 amide bonds. The number of aromatic nitrogens is 1. The van der Waals surface area contributed by atoms with Gasteiger partial charge in [-0.2, -0.15) is 0 Å². The maximum Gasteiger partial charge on any atom is 0.331 e. The van der Waals surface area contributed by atoms with E-state index in [0.717, 1.165) is 47.4 Å². The molecule has 9 heteroatoms. The predicted molar refractivity (Wildman–Crippen MR) is 118 cm³/mol. The molecule has 1 aromatic carbocycles. The molecular weight excluding hydrogens is 420 g/mol. The van der Waals surface area contributed by atoms with Crippen molar-refractivity contribution in [3.63, 3.8) is 0 Å². The van der Waals surface area contributed by atoms with Crippen LogP contribution in [0.3, 0.4) is 0 Å². The van der Waals surface area contributed by atoms with Gasteiger partial charge < -0.3 is 10.4 Å². The first-order valence-corrected chi connectivity index (χ1v) is 12.6. The van der Waals surface area contributed by atoms with Crippen molar-refractivity contribution < 1.29 is 14.1 Å². The van der Waals surface area contributed by atoms with Crippen LogP contribution in [0.5, 0.6) is 0 Å². The largest absolute Gasteiger partial charge is 0.383 e. The number of hydrogen-bond acceptors (Lipinski definition) is 6. The van der Waals surface area contributed by atoms with Gasteiger partial charge in [-0.15, -0.1) is 11.3 Å². The lowest BCUT2D eigenvalue weighted by molar-refractivity contribution is 0.0783. The molecule has 1 saturated carbocycles. The number of aryl methyl sites for hydroxylation is 1. The van der Waals surface area contributed by atoms with Crippen LogP contribution in [0, 0.1) is 10.7 Å². The summed E-state index contributed by atoms with van der Waals surface area (Å²) in [5, 5.41) is 13.3. The van der Waals surface area contributed by atoms with Crippen molar-refractivity contribution in [2.45, 2.75) is 68.6 Å². The average molecular weight is 449 g/mol. The molecule has 4 rings (SSSR count). The predicted octanol–water partition coefficient (Wildman–Crippen LogP) is 4.52. The fraction of sp³-hybridized carbons (Fsp3) is 0.524. The molecule has 30 heavy (non-hydrogen) atoms. The van der Waals surface area contributed by atoms with E-state index in [0.29, 0.717) is 16.8 Å². The molecule has 0 saturated heterocycles. The van der Waals surface area contributed by atoms with E-state index in [-0.39, 0.29) is 4.21 Å². The minimum absolute atomic E-state index is 0.111. The van der Waals surface area contributed by atoms with Crippen molar-refractivity contribution in [1.29, 1.82) is 4.78 Å².